The van der Waals surface area contributed by atoms with Crippen LogP contribution in [-0.4, -0.2) is 7.11 Å². The molecule has 0 aliphatic rings. The number of ether oxygens (including phenoxy) is 1. The average Bonchev–Trinajstić information content (AvgIpc) is 2.57. The fourth-order valence-electron chi connectivity index (χ4n) is 2.50. The summed E-state index contributed by atoms with van der Waals surface area (Å²) < 4.78 is 5.39. The van der Waals surface area contributed by atoms with Gasteiger partial charge < -0.3 is 4.74 Å². The molecule has 22 heavy (non-hydrogen) atoms. The summed E-state index contributed by atoms with van der Waals surface area (Å²) in [5, 5.41) is 0. The molecule has 1 nitrogen and oxygen atoms in total. The molecule has 0 unspecified atom stereocenters. The molecule has 0 aliphatic heterocycles. The first kappa shape index (κ1) is 14.7. The van der Waals surface area contributed by atoms with Crippen LogP contribution in [0.1, 0.15) is 5.56 Å². The van der Waals surface area contributed by atoms with E-state index in [1.807, 2.05) is 0 Å². The van der Waals surface area contributed by atoms with E-state index in [0.29, 0.717) is 0 Å². The van der Waals surface area contributed by atoms with Crippen LogP contribution in [0.3, 0.4) is 0 Å². The second kappa shape index (κ2) is 6.71. The van der Waals surface area contributed by atoms with E-state index in [1.165, 1.54) is 20.2 Å². The Bertz CT molecular complexity index is 699. The van der Waals surface area contributed by atoms with Crippen LogP contribution >= 0.6 is 0 Å². The van der Waals surface area contributed by atoms with Crippen molar-refractivity contribution in [1.29, 1.82) is 0 Å². The Kier molecular flexibility index (Phi) is 4.50. The van der Waals surface area contributed by atoms with E-state index in [0.717, 1.165) is 5.75 Å². The Balaban J connectivity index is 2.12. The zero-order valence-electron chi connectivity index (χ0n) is 12.8. The van der Waals surface area contributed by atoms with Crippen LogP contribution in [0.4, 0.5) is 0 Å². The van der Waals surface area contributed by atoms with E-state index >= 15 is 0 Å². The van der Waals surface area contributed by atoms with Gasteiger partial charge in [-0.15, -0.1) is 0 Å². The van der Waals surface area contributed by atoms with Crippen LogP contribution < -0.4 is 4.74 Å². The summed E-state index contributed by atoms with van der Waals surface area (Å²) in [4.78, 5) is 3.98. The average molecular weight is 307 g/mol. The maximum atomic E-state index is 5.39. The van der Waals surface area contributed by atoms with Gasteiger partial charge in [0.05, 0.1) is 18.0 Å². The first-order valence-electron chi connectivity index (χ1n) is 7.28. The van der Waals surface area contributed by atoms with Gasteiger partial charge in [0.15, 0.2) is 14.7 Å². The predicted molar refractivity (Wildman–Crippen MR) is 92.8 cm³/mol. The lowest BCUT2D eigenvalue weighted by atomic mass is 10.2. The molecule has 110 valence electrons. The topological polar surface area (TPSA) is 9.23 Å². The van der Waals surface area contributed by atoms with Crippen molar-refractivity contribution >= 4 is 10.9 Å². The van der Waals surface area contributed by atoms with Crippen LogP contribution in [0.25, 0.3) is 0 Å². The molecule has 3 aromatic carbocycles. The molecule has 0 spiro atoms. The molecule has 0 fully saturated rings. The Morgan fingerprint density at radius 1 is 0.682 bits per heavy atom. The van der Waals surface area contributed by atoms with Gasteiger partial charge in [0.1, 0.15) is 5.75 Å². The number of rotatable bonds is 4. The van der Waals surface area contributed by atoms with Gasteiger partial charge in [-0.1, -0.05) is 36.4 Å². The molecule has 0 aliphatic carbocycles. The predicted octanol–water partition coefficient (Wildman–Crippen LogP) is 5.10. The minimum absolute atomic E-state index is 0.0907. The number of hydrogen-bond donors (Lipinski definition) is 0. The zero-order valence-corrected chi connectivity index (χ0v) is 13.6. The van der Waals surface area contributed by atoms with Crippen LogP contribution in [0.15, 0.2) is 93.5 Å². The van der Waals surface area contributed by atoms with E-state index in [-0.39, 0.29) is 10.9 Å². The van der Waals surface area contributed by atoms with Crippen molar-refractivity contribution in [2.45, 2.75) is 21.6 Å². The summed E-state index contributed by atoms with van der Waals surface area (Å²) in [6.45, 7) is 2.10. The van der Waals surface area contributed by atoms with Crippen LogP contribution in [0, 0.1) is 6.92 Å². The molecular formula is C20H19OS+. The third-order valence-corrected chi connectivity index (χ3v) is 5.77. The van der Waals surface area contributed by atoms with Gasteiger partial charge in [0, 0.05) is 6.07 Å². The van der Waals surface area contributed by atoms with Gasteiger partial charge in [-0.05, 0) is 48.9 Å². The van der Waals surface area contributed by atoms with E-state index in [4.69, 9.17) is 4.74 Å². The SMILES string of the molecule is COc1ccc([S+](c2ccccc2)c2ccccc2)cc1C. The summed E-state index contributed by atoms with van der Waals surface area (Å²) in [7, 11) is 1.63. The molecule has 0 aromatic heterocycles. The molecule has 0 N–H and O–H groups in total. The fourth-order valence-corrected chi connectivity index (χ4v) is 4.67. The molecule has 0 heterocycles. The fraction of sp³-hybridized carbons (Fsp3) is 0.100. The second-order valence-electron chi connectivity index (χ2n) is 5.06. The summed E-state index contributed by atoms with van der Waals surface area (Å²) in [5.41, 5.74) is 1.17. The van der Waals surface area contributed by atoms with Crippen molar-refractivity contribution in [3.63, 3.8) is 0 Å². The van der Waals surface area contributed by atoms with E-state index in [1.54, 1.807) is 7.11 Å². The minimum atomic E-state index is -0.0907. The third kappa shape index (κ3) is 3.02. The van der Waals surface area contributed by atoms with Crippen molar-refractivity contribution in [3.8, 4) is 5.75 Å². The molecule has 0 atom stereocenters. The Morgan fingerprint density at radius 2 is 1.23 bits per heavy atom. The van der Waals surface area contributed by atoms with Gasteiger partial charge in [0.25, 0.3) is 0 Å². The molecule has 0 saturated carbocycles. The zero-order chi connectivity index (χ0) is 15.4. The number of hydrogen-bond acceptors (Lipinski definition) is 1. The molecule has 2 heteroatoms. The highest BCUT2D eigenvalue weighted by Gasteiger charge is 2.28. The van der Waals surface area contributed by atoms with Gasteiger partial charge in [-0.3, -0.25) is 0 Å². The first-order valence-corrected chi connectivity index (χ1v) is 8.51. The van der Waals surface area contributed by atoms with E-state index in [9.17, 15) is 0 Å². The van der Waals surface area contributed by atoms with Crippen molar-refractivity contribution < 1.29 is 4.74 Å². The minimum Gasteiger partial charge on any atom is -0.496 e. The molecular weight excluding hydrogens is 288 g/mol. The highest BCUT2D eigenvalue weighted by molar-refractivity contribution is 7.97. The molecule has 0 radical (unpaired) electrons. The largest absolute Gasteiger partial charge is 0.496 e. The van der Waals surface area contributed by atoms with Gasteiger partial charge in [-0.25, -0.2) is 0 Å². The molecule has 0 saturated heterocycles. The van der Waals surface area contributed by atoms with Gasteiger partial charge >= 0.3 is 0 Å². The third-order valence-electron chi connectivity index (χ3n) is 3.56. The molecule has 0 bridgehead atoms. The molecule has 0 amide bonds. The van der Waals surface area contributed by atoms with Crippen molar-refractivity contribution in [3.05, 3.63) is 84.4 Å². The van der Waals surface area contributed by atoms with Crippen molar-refractivity contribution in [2.24, 2.45) is 0 Å². The van der Waals surface area contributed by atoms with E-state index in [2.05, 4.69) is 85.8 Å². The maximum absolute atomic E-state index is 5.39. The standard InChI is InChI=1S/C20H19OS/c1-16-15-19(13-14-20(16)21-2)22(17-9-5-3-6-10-17)18-11-7-4-8-12-18/h3-15H,1-2H3/q+1. The van der Waals surface area contributed by atoms with E-state index < -0.39 is 0 Å². The monoisotopic (exact) mass is 307 g/mol. The maximum Gasteiger partial charge on any atom is 0.167 e. The Morgan fingerprint density at radius 3 is 1.68 bits per heavy atom. The Labute approximate surface area is 134 Å². The normalized spacial score (nSPS) is 10.7. The van der Waals surface area contributed by atoms with Gasteiger partial charge in [0.2, 0.25) is 0 Å². The molecule has 3 aromatic rings. The lowest BCUT2D eigenvalue weighted by Gasteiger charge is -2.10. The quantitative estimate of drug-likeness (QED) is 0.609. The smallest absolute Gasteiger partial charge is 0.167 e. The molecule has 3 rings (SSSR count). The Hall–Kier alpha value is -2.19. The highest BCUT2D eigenvalue weighted by atomic mass is 32.2. The number of aryl methyl sites for hydroxylation is 1. The second-order valence-corrected chi connectivity index (χ2v) is 7.09. The summed E-state index contributed by atoms with van der Waals surface area (Å²) >= 11 is 0. The number of benzene rings is 3. The lowest BCUT2D eigenvalue weighted by molar-refractivity contribution is 0.411. The summed E-state index contributed by atoms with van der Waals surface area (Å²) in [6, 6.07) is 27.8. The number of methoxy groups -OCH3 is 1. The first-order chi connectivity index (χ1) is 10.8. The van der Waals surface area contributed by atoms with Crippen LogP contribution in [-0.2, 0) is 10.9 Å². The lowest BCUT2D eigenvalue weighted by Crippen LogP contribution is -2.05. The van der Waals surface area contributed by atoms with Crippen molar-refractivity contribution in [2.75, 3.05) is 7.11 Å². The summed E-state index contributed by atoms with van der Waals surface area (Å²) in [6.07, 6.45) is 0. The van der Waals surface area contributed by atoms with Crippen LogP contribution in [0.2, 0.25) is 0 Å². The highest BCUT2D eigenvalue weighted by Crippen LogP contribution is 2.33. The summed E-state index contributed by atoms with van der Waals surface area (Å²) in [5.74, 6) is 0.938. The van der Waals surface area contributed by atoms with Crippen molar-refractivity contribution in [1.82, 2.24) is 0 Å². The van der Waals surface area contributed by atoms with Gasteiger partial charge in [-0.2, -0.15) is 0 Å². The van der Waals surface area contributed by atoms with Crippen LogP contribution in [0.5, 0.6) is 5.75 Å².